The molecule has 1 nitrogen and oxygen atoms in total. The summed E-state index contributed by atoms with van der Waals surface area (Å²) in [4.78, 5) is -2.33. The van der Waals surface area contributed by atoms with Crippen LogP contribution >= 0.6 is 69.6 Å². The fourth-order valence-corrected chi connectivity index (χ4v) is 6.74. The van der Waals surface area contributed by atoms with Crippen LogP contribution in [-0.4, -0.2) is 26.3 Å². The molecule has 6 atom stereocenters. The Balaban J connectivity index is 1.95. The van der Waals surface area contributed by atoms with Crippen LogP contribution in [0, 0.1) is 11.8 Å². The van der Waals surface area contributed by atoms with Crippen LogP contribution in [0.5, 0.6) is 0 Å². The summed E-state index contributed by atoms with van der Waals surface area (Å²) in [7, 11) is 0. The highest BCUT2D eigenvalue weighted by molar-refractivity contribution is 6.65. The van der Waals surface area contributed by atoms with Crippen molar-refractivity contribution in [3.63, 3.8) is 0 Å². The lowest BCUT2D eigenvalue weighted by molar-refractivity contribution is 0.293. The van der Waals surface area contributed by atoms with E-state index in [1.54, 1.807) is 0 Å². The van der Waals surface area contributed by atoms with Crippen molar-refractivity contribution in [3.8, 4) is 0 Å². The van der Waals surface area contributed by atoms with Crippen molar-refractivity contribution < 1.29 is 4.74 Å². The van der Waals surface area contributed by atoms with Crippen molar-refractivity contribution in [1.29, 1.82) is 0 Å². The predicted molar refractivity (Wildman–Crippen MR) is 79.7 cm³/mol. The van der Waals surface area contributed by atoms with Crippen LogP contribution in [0.4, 0.5) is 0 Å². The maximum atomic E-state index is 6.74. The highest BCUT2D eigenvalue weighted by Gasteiger charge is 2.82. The van der Waals surface area contributed by atoms with Crippen LogP contribution in [-0.2, 0) is 4.74 Å². The predicted octanol–water partition coefficient (Wildman–Crippen LogP) is 4.79. The van der Waals surface area contributed by atoms with Crippen molar-refractivity contribution in [3.05, 3.63) is 22.2 Å². The number of alkyl halides is 4. The number of hydrogen-bond donors (Lipinski definition) is 0. The Morgan fingerprint density at radius 3 is 2.32 bits per heavy atom. The van der Waals surface area contributed by atoms with Crippen LogP contribution in [0.25, 0.3) is 0 Å². The standard InChI is InChI=1S/C12H8Cl6O/c13-8-9(14)11(16)5-3-7-6(19-7)2-1-4(5)10(8,15)12(11,17)18/h1-2,4-7H,3H2/t4-,5+,6+,7+,10-,11-/m0/s1. The molecule has 0 N–H and O–H groups in total. The minimum absolute atomic E-state index is 0.0922. The smallest absolute Gasteiger partial charge is 0.167 e. The molecular weight excluding hydrogens is 373 g/mol. The van der Waals surface area contributed by atoms with Crippen LogP contribution in [0.15, 0.2) is 22.2 Å². The molecule has 0 radical (unpaired) electrons. The maximum absolute atomic E-state index is 6.74. The summed E-state index contributed by atoms with van der Waals surface area (Å²) in [5.74, 6) is -0.238. The fourth-order valence-electron chi connectivity index (χ4n) is 3.71. The van der Waals surface area contributed by atoms with Gasteiger partial charge in [0.15, 0.2) is 4.33 Å². The lowest BCUT2D eigenvalue weighted by Crippen LogP contribution is -2.44. The third-order valence-corrected chi connectivity index (χ3v) is 9.09. The normalized spacial score (nSPS) is 56.9. The van der Waals surface area contributed by atoms with Gasteiger partial charge >= 0.3 is 0 Å². The monoisotopic (exact) mass is 378 g/mol. The van der Waals surface area contributed by atoms with Gasteiger partial charge in [0.1, 0.15) is 15.9 Å². The van der Waals surface area contributed by atoms with Crippen molar-refractivity contribution >= 4 is 69.6 Å². The van der Waals surface area contributed by atoms with E-state index in [9.17, 15) is 0 Å². The van der Waals surface area contributed by atoms with Crippen LogP contribution in [0.1, 0.15) is 6.42 Å². The number of epoxide rings is 1. The van der Waals surface area contributed by atoms with E-state index in [4.69, 9.17) is 74.3 Å². The third-order valence-electron chi connectivity index (χ3n) is 4.77. The first-order chi connectivity index (χ1) is 8.76. The molecule has 19 heavy (non-hydrogen) atoms. The Bertz CT molecular complexity index is 542. The van der Waals surface area contributed by atoms with E-state index < -0.39 is 14.1 Å². The largest absolute Gasteiger partial charge is 0.365 e. The molecule has 2 fully saturated rings. The fraction of sp³-hybridized carbons (Fsp3) is 0.667. The number of rotatable bonds is 0. The van der Waals surface area contributed by atoms with Crippen LogP contribution in [0.2, 0.25) is 0 Å². The van der Waals surface area contributed by atoms with E-state index in [2.05, 4.69) is 0 Å². The summed E-state index contributed by atoms with van der Waals surface area (Å²) in [6.07, 6.45) is 4.98. The maximum Gasteiger partial charge on any atom is 0.167 e. The van der Waals surface area contributed by atoms with E-state index >= 15 is 0 Å². The van der Waals surface area contributed by atoms with Crippen LogP contribution < -0.4 is 0 Å². The van der Waals surface area contributed by atoms with Crippen molar-refractivity contribution in [2.45, 2.75) is 32.7 Å². The lowest BCUT2D eigenvalue weighted by Gasteiger charge is -2.34. The van der Waals surface area contributed by atoms with Gasteiger partial charge in [-0.1, -0.05) is 58.6 Å². The number of ether oxygens (including phenoxy) is 1. The Labute approximate surface area is 140 Å². The minimum Gasteiger partial charge on any atom is -0.365 e. The van der Waals surface area contributed by atoms with E-state index in [0.717, 1.165) is 6.42 Å². The molecule has 1 aliphatic heterocycles. The van der Waals surface area contributed by atoms with Gasteiger partial charge in [0.2, 0.25) is 0 Å². The summed E-state index contributed by atoms with van der Waals surface area (Å²) < 4.78 is 4.07. The van der Waals surface area contributed by atoms with E-state index in [1.165, 1.54) is 0 Å². The Kier molecular flexibility index (Phi) is 2.72. The topological polar surface area (TPSA) is 12.5 Å². The van der Waals surface area contributed by atoms with Crippen molar-refractivity contribution in [1.82, 2.24) is 0 Å². The van der Waals surface area contributed by atoms with Gasteiger partial charge in [0.05, 0.1) is 16.2 Å². The second kappa shape index (κ2) is 3.74. The SMILES string of the molecule is ClC1=C(Cl)[C@@]2(Cl)[C@H]3C=C[C@H]4O[C@@H]4C[C@H]3[C@@]1(Cl)C2(Cl)Cl. The molecule has 1 saturated heterocycles. The van der Waals surface area contributed by atoms with Crippen molar-refractivity contribution in [2.75, 3.05) is 0 Å². The van der Waals surface area contributed by atoms with E-state index in [1.807, 2.05) is 12.2 Å². The zero-order chi connectivity index (χ0) is 13.8. The molecule has 0 aromatic carbocycles. The number of hydrogen-bond acceptors (Lipinski definition) is 1. The Hall–Kier alpha value is 1.18. The summed E-state index contributed by atoms with van der Waals surface area (Å²) in [5, 5.41) is 0.530. The second-order valence-electron chi connectivity index (χ2n) is 5.52. The van der Waals surface area contributed by atoms with Crippen molar-refractivity contribution in [2.24, 2.45) is 11.8 Å². The van der Waals surface area contributed by atoms with E-state index in [-0.39, 0.29) is 34.1 Å². The molecule has 3 aliphatic carbocycles. The zero-order valence-electron chi connectivity index (χ0n) is 9.35. The molecule has 1 saturated carbocycles. The summed E-state index contributed by atoms with van der Waals surface area (Å²) in [6, 6.07) is 0. The number of fused-ring (bicyclic) bond motifs is 6. The molecule has 1 heterocycles. The van der Waals surface area contributed by atoms with Gasteiger partial charge < -0.3 is 4.74 Å². The molecule has 0 unspecified atom stereocenters. The van der Waals surface area contributed by atoms with Gasteiger partial charge in [-0.05, 0) is 12.3 Å². The molecule has 0 aromatic heterocycles. The molecule has 4 aliphatic rings. The first-order valence-electron chi connectivity index (χ1n) is 5.92. The van der Waals surface area contributed by atoms with Gasteiger partial charge in [-0.25, -0.2) is 0 Å². The first-order valence-corrected chi connectivity index (χ1v) is 8.18. The molecular formula is C12H8Cl6O. The van der Waals surface area contributed by atoms with E-state index in [0.29, 0.717) is 0 Å². The summed E-state index contributed by atoms with van der Waals surface area (Å²) >= 11 is 39.1. The van der Waals surface area contributed by atoms with Gasteiger partial charge in [0, 0.05) is 5.92 Å². The molecule has 7 heteroatoms. The number of allylic oxidation sites excluding steroid dienone is 3. The summed E-state index contributed by atoms with van der Waals surface area (Å²) in [5.41, 5.74) is 0. The third kappa shape index (κ3) is 1.29. The van der Waals surface area contributed by atoms with Gasteiger partial charge in [0.25, 0.3) is 0 Å². The average Bonchev–Trinajstić information content (AvgIpc) is 3.06. The van der Waals surface area contributed by atoms with Gasteiger partial charge in [-0.15, -0.1) is 23.2 Å². The molecule has 0 aromatic rings. The minimum atomic E-state index is -1.45. The molecule has 0 amide bonds. The average molecular weight is 381 g/mol. The molecule has 0 spiro atoms. The summed E-state index contributed by atoms with van der Waals surface area (Å²) in [6.45, 7) is 0. The second-order valence-corrected chi connectivity index (χ2v) is 8.79. The van der Waals surface area contributed by atoms with Gasteiger partial charge in [-0.3, -0.25) is 0 Å². The van der Waals surface area contributed by atoms with Crippen LogP contribution in [0.3, 0.4) is 0 Å². The number of halogens is 6. The molecule has 4 rings (SSSR count). The highest BCUT2D eigenvalue weighted by atomic mass is 35.5. The molecule has 2 bridgehead atoms. The molecule has 104 valence electrons. The Morgan fingerprint density at radius 2 is 1.63 bits per heavy atom. The first kappa shape index (κ1) is 13.8. The zero-order valence-corrected chi connectivity index (χ0v) is 13.9. The Morgan fingerprint density at radius 1 is 1.00 bits per heavy atom. The lowest BCUT2D eigenvalue weighted by atomic mass is 9.80. The quantitative estimate of drug-likeness (QED) is 0.334. The highest BCUT2D eigenvalue weighted by Crippen LogP contribution is 2.77. The van der Waals surface area contributed by atoms with Gasteiger partial charge in [-0.2, -0.15) is 0 Å².